The molecule has 3 aliphatic carbocycles. The Bertz CT molecular complexity index is 396. The van der Waals surface area contributed by atoms with Crippen molar-refractivity contribution in [3.63, 3.8) is 0 Å². The van der Waals surface area contributed by atoms with Gasteiger partial charge in [0, 0.05) is 8.84 Å². The third-order valence-electron chi connectivity index (χ3n) is 3.49. The molecule has 3 fully saturated rings. The van der Waals surface area contributed by atoms with E-state index < -0.39 is 0 Å². The molecule has 3 heteroatoms. The Morgan fingerprint density at radius 2 is 1.93 bits per heavy atom. The summed E-state index contributed by atoms with van der Waals surface area (Å²) >= 11 is 8.50. The molecule has 1 aromatic carbocycles. The van der Waals surface area contributed by atoms with Gasteiger partial charge in [-0.05, 0) is 30.9 Å². The first-order valence-corrected chi connectivity index (χ1v) is 6.14. The number of hydrogen-bond acceptors (Lipinski definition) is 0. The zero-order chi connectivity index (χ0) is 9.97. The lowest BCUT2D eigenvalue weighted by molar-refractivity contribution is 0.0219. The molecule has 0 nitrogen and oxygen atoms in total. The van der Waals surface area contributed by atoms with Gasteiger partial charge in [0.1, 0.15) is 5.82 Å². The molecule has 4 rings (SSSR count). The van der Waals surface area contributed by atoms with Crippen molar-refractivity contribution >= 4 is 34.2 Å². The summed E-state index contributed by atoms with van der Waals surface area (Å²) in [4.78, 5) is 0. The molecular weight excluding hydrogens is 313 g/mol. The van der Waals surface area contributed by atoms with Crippen molar-refractivity contribution in [2.45, 2.75) is 28.1 Å². The van der Waals surface area contributed by atoms with Crippen LogP contribution in [0.15, 0.2) is 18.2 Å². The molecule has 0 heterocycles. The van der Waals surface area contributed by atoms with Gasteiger partial charge in [-0.25, -0.2) is 4.39 Å². The van der Waals surface area contributed by atoms with Crippen LogP contribution in [0, 0.1) is 5.82 Å². The Kier molecular flexibility index (Phi) is 1.77. The summed E-state index contributed by atoms with van der Waals surface area (Å²) < 4.78 is 13.8. The molecule has 2 bridgehead atoms. The van der Waals surface area contributed by atoms with Gasteiger partial charge in [-0.1, -0.05) is 46.3 Å². The first-order valence-electron chi connectivity index (χ1n) is 4.68. The van der Waals surface area contributed by atoms with Crippen molar-refractivity contribution in [1.82, 2.24) is 0 Å². The van der Waals surface area contributed by atoms with Crippen LogP contribution in [0.5, 0.6) is 0 Å². The second kappa shape index (κ2) is 2.64. The lowest BCUT2D eigenvalue weighted by atomic mass is 9.42. The van der Waals surface area contributed by atoms with Crippen LogP contribution in [0.1, 0.15) is 24.8 Å². The van der Waals surface area contributed by atoms with Crippen LogP contribution in [-0.4, -0.2) is 3.42 Å². The lowest BCUT2D eigenvalue weighted by Crippen LogP contribution is -2.66. The van der Waals surface area contributed by atoms with E-state index in [-0.39, 0.29) is 11.2 Å². The standard InChI is InChI=1S/C11H9ClFI/c12-9-7(2-1-3-8(9)13)10-4-11(14,5-10)6-10/h1-3H,4-6H2. The first-order chi connectivity index (χ1) is 6.55. The fourth-order valence-electron chi connectivity index (χ4n) is 2.86. The Hall–Kier alpha value is 0.170. The van der Waals surface area contributed by atoms with Crippen LogP contribution in [0.25, 0.3) is 0 Å². The Morgan fingerprint density at radius 3 is 2.50 bits per heavy atom. The highest BCUT2D eigenvalue weighted by Gasteiger charge is 2.67. The number of rotatable bonds is 1. The lowest BCUT2D eigenvalue weighted by Gasteiger charge is -2.68. The molecule has 0 unspecified atom stereocenters. The maximum absolute atomic E-state index is 13.2. The quantitative estimate of drug-likeness (QED) is 0.540. The van der Waals surface area contributed by atoms with E-state index in [0.717, 1.165) is 5.56 Å². The van der Waals surface area contributed by atoms with Gasteiger partial charge in [0.05, 0.1) is 5.02 Å². The highest BCUT2D eigenvalue weighted by Crippen LogP contribution is 2.72. The third kappa shape index (κ3) is 1.04. The monoisotopic (exact) mass is 322 g/mol. The van der Waals surface area contributed by atoms with Gasteiger partial charge in [-0.2, -0.15) is 0 Å². The van der Waals surface area contributed by atoms with Gasteiger partial charge in [0.15, 0.2) is 0 Å². The molecule has 3 saturated carbocycles. The molecule has 3 aliphatic rings. The van der Waals surface area contributed by atoms with Crippen LogP contribution >= 0.6 is 34.2 Å². The molecule has 0 amide bonds. The highest BCUT2D eigenvalue weighted by atomic mass is 127. The molecule has 14 heavy (non-hydrogen) atoms. The summed E-state index contributed by atoms with van der Waals surface area (Å²) in [5.41, 5.74) is 1.25. The summed E-state index contributed by atoms with van der Waals surface area (Å²) in [5, 5.41) is 0.339. The minimum Gasteiger partial charge on any atom is -0.205 e. The summed E-state index contributed by atoms with van der Waals surface area (Å²) in [6.45, 7) is 0. The van der Waals surface area contributed by atoms with Crippen LogP contribution in [-0.2, 0) is 5.41 Å². The maximum Gasteiger partial charge on any atom is 0.142 e. The van der Waals surface area contributed by atoms with E-state index in [4.69, 9.17) is 11.6 Å². The van der Waals surface area contributed by atoms with Crippen molar-refractivity contribution in [3.05, 3.63) is 34.6 Å². The molecule has 0 atom stereocenters. The van der Waals surface area contributed by atoms with E-state index in [1.54, 1.807) is 6.07 Å². The maximum atomic E-state index is 13.2. The van der Waals surface area contributed by atoms with Gasteiger partial charge in [-0.3, -0.25) is 0 Å². The van der Waals surface area contributed by atoms with Crippen LogP contribution < -0.4 is 0 Å². The van der Waals surface area contributed by atoms with Gasteiger partial charge in [-0.15, -0.1) is 0 Å². The highest BCUT2D eigenvalue weighted by molar-refractivity contribution is 14.1. The summed E-state index contributed by atoms with van der Waals surface area (Å²) in [6, 6.07) is 5.16. The minimum absolute atomic E-state index is 0.223. The molecule has 0 aliphatic heterocycles. The summed E-state index contributed by atoms with van der Waals surface area (Å²) in [7, 11) is 0. The smallest absolute Gasteiger partial charge is 0.142 e. The number of benzene rings is 1. The Morgan fingerprint density at radius 1 is 1.29 bits per heavy atom. The zero-order valence-corrected chi connectivity index (χ0v) is 10.4. The predicted molar refractivity (Wildman–Crippen MR) is 63.7 cm³/mol. The van der Waals surface area contributed by atoms with Crippen LogP contribution in [0.2, 0.25) is 5.02 Å². The van der Waals surface area contributed by atoms with Gasteiger partial charge >= 0.3 is 0 Å². The fraction of sp³-hybridized carbons (Fsp3) is 0.455. The van der Waals surface area contributed by atoms with Crippen molar-refractivity contribution < 1.29 is 4.39 Å². The van der Waals surface area contributed by atoms with Crippen molar-refractivity contribution in [2.75, 3.05) is 0 Å². The second-order valence-corrected chi connectivity index (χ2v) is 7.23. The molecule has 0 spiro atoms. The number of halogens is 3. The fourth-order valence-corrected chi connectivity index (χ4v) is 5.38. The molecule has 0 radical (unpaired) electrons. The van der Waals surface area contributed by atoms with E-state index >= 15 is 0 Å². The van der Waals surface area contributed by atoms with Crippen LogP contribution in [0.4, 0.5) is 4.39 Å². The SMILES string of the molecule is Fc1cccc(C23CC(I)(C2)C3)c1Cl. The number of hydrogen-bond donors (Lipinski definition) is 0. The Balaban J connectivity index is 2.02. The molecule has 1 aromatic rings. The summed E-state index contributed by atoms with van der Waals surface area (Å²) in [5.74, 6) is -0.281. The molecular formula is C11H9ClFI. The van der Waals surface area contributed by atoms with E-state index in [9.17, 15) is 4.39 Å². The molecule has 0 saturated heterocycles. The molecule has 0 N–H and O–H groups in total. The summed E-state index contributed by atoms with van der Waals surface area (Å²) in [6.07, 6.45) is 3.51. The normalized spacial score (nSPS) is 38.8. The minimum atomic E-state index is -0.281. The largest absolute Gasteiger partial charge is 0.205 e. The van der Waals surface area contributed by atoms with Crippen molar-refractivity contribution in [2.24, 2.45) is 0 Å². The van der Waals surface area contributed by atoms with Crippen molar-refractivity contribution in [1.29, 1.82) is 0 Å². The molecule has 0 aromatic heterocycles. The van der Waals surface area contributed by atoms with Crippen LogP contribution in [0.3, 0.4) is 0 Å². The van der Waals surface area contributed by atoms with Gasteiger partial charge < -0.3 is 0 Å². The van der Waals surface area contributed by atoms with Gasteiger partial charge in [0.25, 0.3) is 0 Å². The van der Waals surface area contributed by atoms with Crippen molar-refractivity contribution in [3.8, 4) is 0 Å². The average molecular weight is 323 g/mol. The van der Waals surface area contributed by atoms with E-state index in [0.29, 0.717) is 8.44 Å². The molecule has 74 valence electrons. The first kappa shape index (κ1) is 9.40. The van der Waals surface area contributed by atoms with Gasteiger partial charge in [0.2, 0.25) is 0 Å². The predicted octanol–water partition coefficient (Wildman–Crippen LogP) is 4.09. The second-order valence-electron chi connectivity index (χ2n) is 4.56. The van der Waals surface area contributed by atoms with E-state index in [2.05, 4.69) is 22.6 Å². The Labute approximate surface area is 101 Å². The third-order valence-corrected chi connectivity index (χ3v) is 5.02. The zero-order valence-electron chi connectivity index (χ0n) is 7.49. The van der Waals surface area contributed by atoms with E-state index in [1.165, 1.54) is 25.3 Å². The van der Waals surface area contributed by atoms with E-state index in [1.807, 2.05) is 6.07 Å². The average Bonchev–Trinajstić information content (AvgIpc) is 2.03. The number of alkyl halides is 1. The topological polar surface area (TPSA) is 0 Å².